The number of aromatic nitrogens is 4. The van der Waals surface area contributed by atoms with Crippen molar-refractivity contribution in [1.82, 2.24) is 20.2 Å². The van der Waals surface area contributed by atoms with Crippen molar-refractivity contribution < 1.29 is 9.21 Å². The lowest BCUT2D eigenvalue weighted by molar-refractivity contribution is -0.113. The van der Waals surface area contributed by atoms with E-state index < -0.39 is 0 Å². The number of hydrogen-bond donors (Lipinski definition) is 2. The van der Waals surface area contributed by atoms with Gasteiger partial charge in [-0.15, -0.1) is 21.5 Å². The Kier molecular flexibility index (Phi) is 4.48. The predicted molar refractivity (Wildman–Crippen MR) is 103 cm³/mol. The number of thioether (sulfide) groups is 1. The second-order valence-electron chi connectivity index (χ2n) is 5.68. The molecular formula is C17H15N5O2S2. The molecule has 132 valence electrons. The first-order valence-corrected chi connectivity index (χ1v) is 9.71. The zero-order valence-corrected chi connectivity index (χ0v) is 15.7. The van der Waals surface area contributed by atoms with Crippen LogP contribution in [0.5, 0.6) is 0 Å². The third kappa shape index (κ3) is 3.35. The Labute approximate surface area is 157 Å². The lowest BCUT2D eigenvalue weighted by Crippen LogP contribution is -2.13. The number of carbonyl (C=O) groups excluding carboxylic acids is 1. The molecule has 3 heterocycles. The Morgan fingerprint density at radius 2 is 2.23 bits per heavy atom. The Hall–Kier alpha value is -2.65. The molecule has 0 aliphatic heterocycles. The standard InChI is InChI=1S/C17H15N5O2S2/c1-9-10(2)19-13-4-3-11(7-12(9)13)15-21-22-17(24-15)26-8-14(23)20-16-18-5-6-25-16/h3-7,19H,8H2,1-2H3,(H,18,20,23). The van der Waals surface area contributed by atoms with Crippen molar-refractivity contribution in [3.63, 3.8) is 0 Å². The van der Waals surface area contributed by atoms with Crippen LogP contribution in [0.1, 0.15) is 11.3 Å². The van der Waals surface area contributed by atoms with Crippen LogP contribution in [-0.4, -0.2) is 31.8 Å². The van der Waals surface area contributed by atoms with Crippen LogP contribution < -0.4 is 5.32 Å². The first-order valence-electron chi connectivity index (χ1n) is 7.85. The van der Waals surface area contributed by atoms with Gasteiger partial charge in [0.25, 0.3) is 5.22 Å². The summed E-state index contributed by atoms with van der Waals surface area (Å²) in [6, 6.07) is 5.98. The molecule has 1 amide bonds. The van der Waals surface area contributed by atoms with Gasteiger partial charge in [0.05, 0.1) is 5.75 Å². The highest BCUT2D eigenvalue weighted by molar-refractivity contribution is 7.99. The summed E-state index contributed by atoms with van der Waals surface area (Å²) in [6.45, 7) is 4.13. The molecule has 0 saturated heterocycles. The van der Waals surface area contributed by atoms with Gasteiger partial charge in [-0.25, -0.2) is 4.98 Å². The fourth-order valence-electron chi connectivity index (χ4n) is 2.55. The third-order valence-electron chi connectivity index (χ3n) is 3.97. The molecule has 0 saturated carbocycles. The van der Waals surface area contributed by atoms with E-state index in [0.717, 1.165) is 22.2 Å². The average molecular weight is 385 g/mol. The van der Waals surface area contributed by atoms with Crippen molar-refractivity contribution in [3.8, 4) is 11.5 Å². The molecule has 3 aromatic heterocycles. The quantitative estimate of drug-likeness (QED) is 0.504. The minimum Gasteiger partial charge on any atom is -0.411 e. The van der Waals surface area contributed by atoms with Crippen molar-refractivity contribution in [2.75, 3.05) is 11.1 Å². The molecule has 4 rings (SSSR count). The summed E-state index contributed by atoms with van der Waals surface area (Å²) in [5.74, 6) is 0.452. The zero-order valence-electron chi connectivity index (χ0n) is 14.1. The second-order valence-corrected chi connectivity index (χ2v) is 7.50. The van der Waals surface area contributed by atoms with Gasteiger partial charge >= 0.3 is 0 Å². The monoisotopic (exact) mass is 385 g/mol. The van der Waals surface area contributed by atoms with Gasteiger partial charge in [-0.05, 0) is 37.6 Å². The number of H-pyrrole nitrogens is 1. The second kappa shape index (κ2) is 6.93. The Morgan fingerprint density at radius 1 is 1.35 bits per heavy atom. The van der Waals surface area contributed by atoms with Gasteiger partial charge in [0, 0.05) is 33.7 Å². The van der Waals surface area contributed by atoms with E-state index >= 15 is 0 Å². The van der Waals surface area contributed by atoms with Gasteiger partial charge in [0.2, 0.25) is 11.8 Å². The topological polar surface area (TPSA) is 96.7 Å². The lowest BCUT2D eigenvalue weighted by atomic mass is 10.1. The zero-order chi connectivity index (χ0) is 18.1. The summed E-state index contributed by atoms with van der Waals surface area (Å²) in [5, 5.41) is 14.7. The van der Waals surface area contributed by atoms with Crippen LogP contribution in [0.4, 0.5) is 5.13 Å². The number of benzene rings is 1. The normalized spacial score (nSPS) is 11.2. The molecule has 0 bridgehead atoms. The van der Waals surface area contributed by atoms with Crippen LogP contribution in [0, 0.1) is 13.8 Å². The molecule has 0 aliphatic carbocycles. The molecule has 0 unspecified atom stereocenters. The van der Waals surface area contributed by atoms with Gasteiger partial charge in [0.1, 0.15) is 0 Å². The Bertz CT molecular complexity index is 1070. The summed E-state index contributed by atoms with van der Waals surface area (Å²) < 4.78 is 5.69. The minimum absolute atomic E-state index is 0.162. The van der Waals surface area contributed by atoms with Crippen LogP contribution >= 0.6 is 23.1 Å². The van der Waals surface area contributed by atoms with E-state index in [-0.39, 0.29) is 11.7 Å². The minimum atomic E-state index is -0.162. The number of anilines is 1. The smallest absolute Gasteiger partial charge is 0.277 e. The fraction of sp³-hybridized carbons (Fsp3) is 0.176. The maximum absolute atomic E-state index is 11.9. The van der Waals surface area contributed by atoms with E-state index in [2.05, 4.69) is 32.4 Å². The van der Waals surface area contributed by atoms with Crippen molar-refractivity contribution >= 4 is 45.0 Å². The van der Waals surface area contributed by atoms with Crippen LogP contribution in [0.25, 0.3) is 22.4 Å². The summed E-state index contributed by atoms with van der Waals surface area (Å²) in [6.07, 6.45) is 1.64. The van der Waals surface area contributed by atoms with Crippen molar-refractivity contribution in [1.29, 1.82) is 0 Å². The maximum Gasteiger partial charge on any atom is 0.277 e. The van der Waals surface area contributed by atoms with Crippen molar-refractivity contribution in [3.05, 3.63) is 41.0 Å². The van der Waals surface area contributed by atoms with E-state index in [9.17, 15) is 4.79 Å². The van der Waals surface area contributed by atoms with E-state index in [1.807, 2.05) is 25.1 Å². The van der Waals surface area contributed by atoms with Gasteiger partial charge < -0.3 is 14.7 Å². The number of amides is 1. The van der Waals surface area contributed by atoms with Crippen molar-refractivity contribution in [2.45, 2.75) is 19.1 Å². The van der Waals surface area contributed by atoms with Crippen LogP contribution in [0.15, 0.2) is 39.4 Å². The van der Waals surface area contributed by atoms with E-state index in [0.29, 0.717) is 16.2 Å². The molecule has 0 atom stereocenters. The van der Waals surface area contributed by atoms with Gasteiger partial charge in [0.15, 0.2) is 5.13 Å². The first kappa shape index (κ1) is 16.8. The molecule has 0 radical (unpaired) electrons. The number of nitrogens with zero attached hydrogens (tertiary/aromatic N) is 3. The number of thiazole rings is 1. The molecule has 1 aromatic carbocycles. The number of aromatic amines is 1. The summed E-state index contributed by atoms with van der Waals surface area (Å²) in [7, 11) is 0. The molecular weight excluding hydrogens is 370 g/mol. The molecule has 9 heteroatoms. The molecule has 7 nitrogen and oxygen atoms in total. The van der Waals surface area contributed by atoms with Crippen molar-refractivity contribution in [2.24, 2.45) is 0 Å². The lowest BCUT2D eigenvalue weighted by Gasteiger charge is -1.99. The Morgan fingerprint density at radius 3 is 3.04 bits per heavy atom. The summed E-state index contributed by atoms with van der Waals surface area (Å²) >= 11 is 2.57. The Balaban J connectivity index is 1.46. The highest BCUT2D eigenvalue weighted by Crippen LogP contribution is 2.28. The molecule has 26 heavy (non-hydrogen) atoms. The number of carbonyl (C=O) groups is 1. The van der Waals surface area contributed by atoms with Gasteiger partial charge in [-0.2, -0.15) is 0 Å². The van der Waals surface area contributed by atoms with Crippen LogP contribution in [-0.2, 0) is 4.79 Å². The fourth-order valence-corrected chi connectivity index (χ4v) is 3.66. The number of aryl methyl sites for hydroxylation is 2. The number of rotatable bonds is 5. The number of fused-ring (bicyclic) bond motifs is 1. The summed E-state index contributed by atoms with van der Waals surface area (Å²) in [5.41, 5.74) is 4.28. The highest BCUT2D eigenvalue weighted by Gasteiger charge is 2.13. The van der Waals surface area contributed by atoms with E-state index in [4.69, 9.17) is 4.42 Å². The number of hydrogen-bond acceptors (Lipinski definition) is 7. The molecule has 2 N–H and O–H groups in total. The van der Waals surface area contributed by atoms with E-state index in [1.165, 1.54) is 28.7 Å². The van der Waals surface area contributed by atoms with Gasteiger partial charge in [-0.1, -0.05) is 11.8 Å². The third-order valence-corrected chi connectivity index (χ3v) is 5.47. The molecule has 4 aromatic rings. The molecule has 0 aliphatic rings. The SMILES string of the molecule is Cc1[nH]c2ccc(-c3nnc(SCC(=O)Nc4nccs4)o3)cc2c1C. The largest absolute Gasteiger partial charge is 0.411 e. The molecule has 0 spiro atoms. The van der Waals surface area contributed by atoms with Crippen LogP contribution in [0.2, 0.25) is 0 Å². The predicted octanol–water partition coefficient (Wildman–Crippen LogP) is 4.02. The molecule has 0 fully saturated rings. The van der Waals surface area contributed by atoms with E-state index in [1.54, 1.807) is 11.6 Å². The maximum atomic E-state index is 11.9. The number of nitrogens with one attached hydrogen (secondary N) is 2. The van der Waals surface area contributed by atoms with Gasteiger partial charge in [-0.3, -0.25) is 4.79 Å². The van der Waals surface area contributed by atoms with Crippen LogP contribution in [0.3, 0.4) is 0 Å². The average Bonchev–Trinajstić information content (AvgIpc) is 3.36. The highest BCUT2D eigenvalue weighted by atomic mass is 32.2. The first-order chi connectivity index (χ1) is 12.6. The summed E-state index contributed by atoms with van der Waals surface area (Å²) in [4.78, 5) is 19.2.